The van der Waals surface area contributed by atoms with Crippen LogP contribution in [0.4, 0.5) is 10.5 Å². The number of amides is 1. The van der Waals surface area contributed by atoms with Crippen LogP contribution in [0.3, 0.4) is 0 Å². The van der Waals surface area contributed by atoms with E-state index in [1.54, 1.807) is 7.11 Å². The number of carbonyl (C=O) groups is 1. The van der Waals surface area contributed by atoms with Gasteiger partial charge in [-0.05, 0) is 23.8 Å². The minimum Gasteiger partial charge on any atom is -0.497 e. The van der Waals surface area contributed by atoms with Crippen LogP contribution >= 0.6 is 0 Å². The van der Waals surface area contributed by atoms with Gasteiger partial charge in [-0.3, -0.25) is 0 Å². The molecule has 0 radical (unpaired) electrons. The van der Waals surface area contributed by atoms with Crippen molar-refractivity contribution in [3.63, 3.8) is 0 Å². The van der Waals surface area contributed by atoms with E-state index < -0.39 is 6.09 Å². The molecule has 0 bridgehead atoms. The van der Waals surface area contributed by atoms with Crippen LogP contribution in [0.2, 0.25) is 0 Å². The highest BCUT2D eigenvalue weighted by atomic mass is 16.5. The zero-order valence-electron chi connectivity index (χ0n) is 14.5. The molecule has 2 N–H and O–H groups in total. The number of H-pyrrole nitrogens is 1. The van der Waals surface area contributed by atoms with Gasteiger partial charge in [0.25, 0.3) is 0 Å². The summed E-state index contributed by atoms with van der Waals surface area (Å²) >= 11 is 0. The Labute approximate surface area is 150 Å². The van der Waals surface area contributed by atoms with Crippen molar-refractivity contribution < 1.29 is 14.6 Å². The summed E-state index contributed by atoms with van der Waals surface area (Å²) in [5.41, 5.74) is 3.94. The first-order valence-electron chi connectivity index (χ1n) is 8.50. The van der Waals surface area contributed by atoms with Gasteiger partial charge in [0.15, 0.2) is 0 Å². The van der Waals surface area contributed by atoms with E-state index in [2.05, 4.69) is 14.9 Å². The van der Waals surface area contributed by atoms with Gasteiger partial charge in [0.2, 0.25) is 0 Å². The lowest BCUT2D eigenvalue weighted by Gasteiger charge is -2.36. The number of carboxylic acid groups (broad SMARTS) is 1. The highest BCUT2D eigenvalue weighted by Gasteiger charge is 2.24. The van der Waals surface area contributed by atoms with Crippen LogP contribution < -0.4 is 9.64 Å². The van der Waals surface area contributed by atoms with Gasteiger partial charge >= 0.3 is 6.09 Å². The van der Waals surface area contributed by atoms with Crippen molar-refractivity contribution >= 4 is 22.8 Å². The third-order valence-corrected chi connectivity index (χ3v) is 4.81. The highest BCUT2D eigenvalue weighted by Crippen LogP contribution is 2.37. The Morgan fingerprint density at radius 2 is 2.04 bits per heavy atom. The van der Waals surface area contributed by atoms with Crippen LogP contribution in [0.25, 0.3) is 22.2 Å². The summed E-state index contributed by atoms with van der Waals surface area (Å²) < 4.78 is 5.36. The number of nitrogens with zero attached hydrogens (tertiary/aromatic N) is 3. The molecule has 3 heterocycles. The molecule has 1 aliphatic rings. The molecule has 2 aromatic heterocycles. The third kappa shape index (κ3) is 2.81. The summed E-state index contributed by atoms with van der Waals surface area (Å²) in [7, 11) is 1.65. The molecule has 1 saturated heterocycles. The molecule has 4 rings (SSSR count). The van der Waals surface area contributed by atoms with Gasteiger partial charge in [-0.1, -0.05) is 12.1 Å². The Bertz CT molecular complexity index is 945. The van der Waals surface area contributed by atoms with E-state index in [9.17, 15) is 9.90 Å². The zero-order valence-corrected chi connectivity index (χ0v) is 14.5. The summed E-state index contributed by atoms with van der Waals surface area (Å²) in [6.45, 7) is 2.27. The average Bonchev–Trinajstić information content (AvgIpc) is 3.16. The number of ether oxygens (including phenoxy) is 1. The lowest BCUT2D eigenvalue weighted by atomic mass is 10.0. The first kappa shape index (κ1) is 16.3. The fourth-order valence-electron chi connectivity index (χ4n) is 3.46. The van der Waals surface area contributed by atoms with Gasteiger partial charge in [-0.25, -0.2) is 9.78 Å². The van der Waals surface area contributed by atoms with Crippen LogP contribution in [0.1, 0.15) is 0 Å². The molecule has 26 heavy (non-hydrogen) atoms. The molecule has 1 amide bonds. The molecule has 0 spiro atoms. The molecule has 1 fully saturated rings. The fourth-order valence-corrected chi connectivity index (χ4v) is 3.46. The first-order chi connectivity index (χ1) is 12.7. The number of rotatable bonds is 3. The highest BCUT2D eigenvalue weighted by molar-refractivity contribution is 5.99. The summed E-state index contributed by atoms with van der Waals surface area (Å²) in [5.74, 6) is 0.790. The molecule has 134 valence electrons. The standard InChI is InChI=1S/C19H20N4O3/c1-26-14-4-2-3-13(11-14)16-12-21-18-15(5-6-20-18)17(16)22-7-9-23(10-8-22)19(24)25/h2-6,11-12H,7-10H2,1H3,(H,20,21)(H,24,25). The Kier molecular flexibility index (Phi) is 4.12. The second kappa shape index (κ2) is 6.59. The predicted octanol–water partition coefficient (Wildman–Crippen LogP) is 3.04. The van der Waals surface area contributed by atoms with Crippen molar-refractivity contribution in [2.45, 2.75) is 0 Å². The number of nitrogens with one attached hydrogen (secondary N) is 1. The minimum absolute atomic E-state index is 0.487. The van der Waals surface area contributed by atoms with Crippen LogP contribution in [-0.2, 0) is 0 Å². The molecular weight excluding hydrogens is 332 g/mol. The normalized spacial score (nSPS) is 14.7. The lowest BCUT2D eigenvalue weighted by Crippen LogP contribution is -2.48. The Morgan fingerprint density at radius 3 is 2.77 bits per heavy atom. The van der Waals surface area contributed by atoms with Gasteiger partial charge in [0.1, 0.15) is 11.4 Å². The van der Waals surface area contributed by atoms with E-state index in [1.165, 1.54) is 4.90 Å². The number of hydrogen-bond acceptors (Lipinski definition) is 4. The maximum atomic E-state index is 11.2. The van der Waals surface area contributed by atoms with E-state index in [0.717, 1.165) is 33.6 Å². The molecule has 1 aromatic carbocycles. The number of piperazine rings is 1. The van der Waals surface area contributed by atoms with Crippen LogP contribution in [0.5, 0.6) is 5.75 Å². The number of benzene rings is 1. The smallest absolute Gasteiger partial charge is 0.407 e. The topological polar surface area (TPSA) is 81.7 Å². The van der Waals surface area contributed by atoms with E-state index in [1.807, 2.05) is 42.7 Å². The molecule has 0 atom stereocenters. The molecule has 3 aromatic rings. The molecule has 7 heteroatoms. The number of fused-ring (bicyclic) bond motifs is 1. The molecule has 0 aliphatic carbocycles. The summed E-state index contributed by atoms with van der Waals surface area (Å²) in [6, 6.07) is 9.92. The van der Waals surface area contributed by atoms with Gasteiger partial charge in [-0.15, -0.1) is 0 Å². The molecule has 0 saturated carbocycles. The minimum atomic E-state index is -0.862. The van der Waals surface area contributed by atoms with Crippen LogP contribution in [-0.4, -0.2) is 59.4 Å². The lowest BCUT2D eigenvalue weighted by molar-refractivity contribution is 0.142. The Balaban J connectivity index is 1.79. The maximum Gasteiger partial charge on any atom is 0.407 e. The van der Waals surface area contributed by atoms with E-state index >= 15 is 0 Å². The molecule has 7 nitrogen and oxygen atoms in total. The molecule has 0 unspecified atom stereocenters. The molecule has 1 aliphatic heterocycles. The predicted molar refractivity (Wildman–Crippen MR) is 99.9 cm³/mol. The van der Waals surface area contributed by atoms with Crippen molar-refractivity contribution in [3.05, 3.63) is 42.7 Å². The number of methoxy groups -OCH3 is 1. The number of hydrogen-bond donors (Lipinski definition) is 2. The third-order valence-electron chi connectivity index (χ3n) is 4.81. The second-order valence-corrected chi connectivity index (χ2v) is 6.25. The van der Waals surface area contributed by atoms with Crippen molar-refractivity contribution in [1.29, 1.82) is 0 Å². The number of aromatic amines is 1. The van der Waals surface area contributed by atoms with Gasteiger partial charge in [0, 0.05) is 49.5 Å². The second-order valence-electron chi connectivity index (χ2n) is 6.25. The van der Waals surface area contributed by atoms with Crippen molar-refractivity contribution in [2.24, 2.45) is 0 Å². The number of pyridine rings is 1. The van der Waals surface area contributed by atoms with Gasteiger partial charge in [-0.2, -0.15) is 0 Å². The zero-order chi connectivity index (χ0) is 18.1. The maximum absolute atomic E-state index is 11.2. The monoisotopic (exact) mass is 352 g/mol. The van der Waals surface area contributed by atoms with Gasteiger partial charge in [0.05, 0.1) is 12.8 Å². The SMILES string of the molecule is COc1cccc(-c2cnc3[nH]ccc3c2N2CCN(C(=O)O)CC2)c1. The first-order valence-corrected chi connectivity index (χ1v) is 8.50. The fraction of sp³-hybridized carbons (Fsp3) is 0.263. The largest absolute Gasteiger partial charge is 0.497 e. The average molecular weight is 352 g/mol. The number of anilines is 1. The van der Waals surface area contributed by atoms with Crippen LogP contribution in [0.15, 0.2) is 42.7 Å². The van der Waals surface area contributed by atoms with Gasteiger partial charge < -0.3 is 24.6 Å². The van der Waals surface area contributed by atoms with Crippen molar-refractivity contribution in [3.8, 4) is 16.9 Å². The summed E-state index contributed by atoms with van der Waals surface area (Å²) in [6.07, 6.45) is 2.88. The van der Waals surface area contributed by atoms with E-state index in [4.69, 9.17) is 4.74 Å². The quantitative estimate of drug-likeness (QED) is 0.757. The summed E-state index contributed by atoms with van der Waals surface area (Å²) in [5, 5.41) is 10.2. The van der Waals surface area contributed by atoms with Crippen molar-refractivity contribution in [2.75, 3.05) is 38.2 Å². The van der Waals surface area contributed by atoms with E-state index in [0.29, 0.717) is 26.2 Å². The molecular formula is C19H20N4O3. The Morgan fingerprint density at radius 1 is 1.23 bits per heavy atom. The Hall–Kier alpha value is -3.22. The van der Waals surface area contributed by atoms with E-state index in [-0.39, 0.29) is 0 Å². The summed E-state index contributed by atoms with van der Waals surface area (Å²) in [4.78, 5) is 22.6. The number of aromatic nitrogens is 2. The van der Waals surface area contributed by atoms with Crippen LogP contribution in [0, 0.1) is 0 Å². The van der Waals surface area contributed by atoms with Crippen molar-refractivity contribution in [1.82, 2.24) is 14.9 Å².